The van der Waals surface area contributed by atoms with Crippen LogP contribution in [0.25, 0.3) is 28.0 Å². The fraction of sp³-hybridized carbons (Fsp3) is 0.455. The minimum atomic E-state index is -0.340. The number of allylic oxidation sites excluding steroid dienone is 1. The predicted molar refractivity (Wildman–Crippen MR) is 229 cm³/mol. The number of nitrogens with zero attached hydrogens (tertiary/aromatic N) is 9. The SMILES string of the molecule is C=CC(C)CCN=C(c1cnn(-c2ccc(C)cc2F)c1N(C)NC)N1CNc2cccc(n2)-c2cc(C)cc3nc(C)n(c23)CC(CC)CN(C)CC1CC. The van der Waals surface area contributed by atoms with Gasteiger partial charge in [-0.1, -0.05) is 45.4 Å². The van der Waals surface area contributed by atoms with Gasteiger partial charge in [-0.2, -0.15) is 5.10 Å². The molecule has 11 nitrogen and oxygen atoms in total. The van der Waals surface area contributed by atoms with E-state index in [0.29, 0.717) is 36.6 Å². The number of aryl methyl sites for hydroxylation is 3. The number of anilines is 2. The summed E-state index contributed by atoms with van der Waals surface area (Å²) >= 11 is 0. The van der Waals surface area contributed by atoms with Gasteiger partial charge in [0.15, 0.2) is 5.82 Å². The lowest BCUT2D eigenvalue weighted by Crippen LogP contribution is -2.49. The van der Waals surface area contributed by atoms with Gasteiger partial charge >= 0.3 is 0 Å². The molecule has 6 rings (SSSR count). The molecule has 2 bridgehead atoms. The van der Waals surface area contributed by atoms with Crippen LogP contribution in [0.2, 0.25) is 0 Å². The van der Waals surface area contributed by atoms with Crippen molar-refractivity contribution < 1.29 is 4.39 Å². The number of hydrazine groups is 1. The number of rotatable bonds is 10. The third-order valence-corrected chi connectivity index (χ3v) is 11.1. The number of amidine groups is 1. The highest BCUT2D eigenvalue weighted by atomic mass is 19.1. The Morgan fingerprint density at radius 2 is 1.88 bits per heavy atom. The number of imidazole rings is 1. The summed E-state index contributed by atoms with van der Waals surface area (Å²) in [5, 5.41) is 10.4. The van der Waals surface area contributed by atoms with Gasteiger partial charge in [-0.25, -0.2) is 24.5 Å². The van der Waals surface area contributed by atoms with Crippen LogP contribution in [0.3, 0.4) is 0 Å². The Morgan fingerprint density at radius 1 is 1.07 bits per heavy atom. The molecule has 5 aromatic rings. The number of nitrogens with one attached hydrogen (secondary N) is 2. The zero-order valence-corrected chi connectivity index (χ0v) is 34.8. The van der Waals surface area contributed by atoms with Crippen LogP contribution in [-0.4, -0.2) is 93.4 Å². The summed E-state index contributed by atoms with van der Waals surface area (Å²) in [6, 6.07) is 15.9. The van der Waals surface area contributed by atoms with Gasteiger partial charge in [0.2, 0.25) is 0 Å². The Hall–Kier alpha value is -5.07. The molecular weight excluding hydrogens is 702 g/mol. The summed E-state index contributed by atoms with van der Waals surface area (Å²) in [6.45, 7) is 20.4. The molecule has 0 aliphatic carbocycles. The van der Waals surface area contributed by atoms with Crippen molar-refractivity contribution in [1.82, 2.24) is 39.5 Å². The lowest BCUT2D eigenvalue weighted by molar-refractivity contribution is 0.190. The van der Waals surface area contributed by atoms with E-state index in [1.54, 1.807) is 16.8 Å². The first-order valence-corrected chi connectivity index (χ1v) is 20.0. The first-order chi connectivity index (χ1) is 27.0. The fourth-order valence-corrected chi connectivity index (χ4v) is 7.78. The Balaban J connectivity index is 1.52. The lowest BCUT2D eigenvalue weighted by atomic mass is 10.0. The van der Waals surface area contributed by atoms with Gasteiger partial charge in [0, 0.05) is 51.9 Å². The normalized spacial score (nSPS) is 17.7. The van der Waals surface area contributed by atoms with Crippen LogP contribution in [-0.2, 0) is 6.54 Å². The maximum atomic E-state index is 15.7. The summed E-state index contributed by atoms with van der Waals surface area (Å²) in [5.74, 6) is 3.60. The van der Waals surface area contributed by atoms with E-state index in [-0.39, 0.29) is 11.9 Å². The highest BCUT2D eigenvalue weighted by Gasteiger charge is 2.30. The zero-order valence-electron chi connectivity index (χ0n) is 34.8. The largest absolute Gasteiger partial charge is 0.353 e. The summed E-state index contributed by atoms with van der Waals surface area (Å²) in [4.78, 5) is 20.5. The second kappa shape index (κ2) is 17.8. The molecule has 1 aliphatic rings. The first-order valence-electron chi connectivity index (χ1n) is 20.0. The number of halogens is 1. The lowest BCUT2D eigenvalue weighted by Gasteiger charge is -2.37. The minimum Gasteiger partial charge on any atom is -0.353 e. The van der Waals surface area contributed by atoms with Crippen LogP contribution in [0.1, 0.15) is 62.5 Å². The monoisotopic (exact) mass is 762 g/mol. The molecule has 0 spiro atoms. The Labute approximate surface area is 332 Å². The van der Waals surface area contributed by atoms with Crippen molar-refractivity contribution in [2.45, 2.75) is 73.4 Å². The van der Waals surface area contributed by atoms with Gasteiger partial charge in [-0.15, -0.1) is 6.58 Å². The van der Waals surface area contributed by atoms with Crippen molar-refractivity contribution in [1.29, 1.82) is 0 Å². The number of likely N-dealkylation sites (N-methyl/N-ethyl adjacent to an activating group) is 1. The van der Waals surface area contributed by atoms with Gasteiger partial charge in [0.05, 0.1) is 35.2 Å². The van der Waals surface area contributed by atoms with Crippen LogP contribution in [0, 0.1) is 38.4 Å². The Bertz CT molecular complexity index is 2170. The van der Waals surface area contributed by atoms with Crippen LogP contribution in [0.5, 0.6) is 0 Å². The highest BCUT2D eigenvalue weighted by molar-refractivity contribution is 6.03. The average molecular weight is 762 g/mol. The summed E-state index contributed by atoms with van der Waals surface area (Å²) in [7, 11) is 6.00. The molecule has 0 radical (unpaired) electrons. The molecule has 3 unspecified atom stereocenters. The number of benzene rings is 2. The van der Waals surface area contributed by atoms with E-state index in [1.807, 2.05) is 50.4 Å². The van der Waals surface area contributed by atoms with Crippen molar-refractivity contribution >= 4 is 28.5 Å². The van der Waals surface area contributed by atoms with Gasteiger partial charge in [0.25, 0.3) is 0 Å². The van der Waals surface area contributed by atoms with E-state index in [4.69, 9.17) is 20.1 Å². The van der Waals surface area contributed by atoms with E-state index in [9.17, 15) is 0 Å². The minimum absolute atomic E-state index is 0.0580. The number of aliphatic imine (C=N–C) groups is 1. The number of aromatic nitrogens is 5. The topological polar surface area (TPSA) is 94.7 Å². The molecule has 56 heavy (non-hydrogen) atoms. The molecule has 1 aliphatic heterocycles. The van der Waals surface area contributed by atoms with Crippen molar-refractivity contribution in [3.05, 3.63) is 95.7 Å². The van der Waals surface area contributed by atoms with Crippen LogP contribution < -0.4 is 15.8 Å². The maximum Gasteiger partial charge on any atom is 0.157 e. The summed E-state index contributed by atoms with van der Waals surface area (Å²) < 4.78 is 19.7. The van der Waals surface area contributed by atoms with Gasteiger partial charge in [0.1, 0.15) is 29.0 Å². The van der Waals surface area contributed by atoms with E-state index >= 15 is 4.39 Å². The molecule has 2 N–H and O–H groups in total. The molecule has 4 heterocycles. The molecule has 0 saturated carbocycles. The molecule has 298 valence electrons. The molecule has 0 fully saturated rings. The van der Waals surface area contributed by atoms with Gasteiger partial charge < -0.3 is 19.7 Å². The second-order valence-corrected chi connectivity index (χ2v) is 15.5. The molecule has 3 atom stereocenters. The third kappa shape index (κ3) is 8.66. The van der Waals surface area contributed by atoms with Gasteiger partial charge in [-0.05, 0) is 100 Å². The summed E-state index contributed by atoms with van der Waals surface area (Å²) in [6.07, 6.45) is 6.53. The van der Waals surface area contributed by atoms with Crippen LogP contribution >= 0.6 is 0 Å². The number of hydrogen-bond acceptors (Lipinski definition) is 8. The molecule has 3 aromatic heterocycles. The Morgan fingerprint density at radius 3 is 2.59 bits per heavy atom. The maximum absolute atomic E-state index is 15.7. The zero-order chi connectivity index (χ0) is 40.1. The van der Waals surface area contributed by atoms with E-state index in [2.05, 4.69) is 97.6 Å². The standard InChI is InChI=1S/C44H60FN11/c1-11-29(4)19-20-47-43(36-24-49-56(44(36)53(10)46-8)40-18-17-30(5)22-37(40)45)55-28-48-41-16-14-15-38(51-41)35-21-31(6)23-39-42(35)54(32(7)50-39)26-33(12-2)25-52(9)27-34(55)13-3/h11,14-18,21-24,29,33-34,46H,1,12-13,19-20,25-28H2,2-10H3,(H,48,51). The summed E-state index contributed by atoms with van der Waals surface area (Å²) in [5.41, 5.74) is 10.5. The Kier molecular flexibility index (Phi) is 12.9. The fourth-order valence-electron chi connectivity index (χ4n) is 7.78. The molecule has 0 amide bonds. The molecule has 0 saturated heterocycles. The number of pyridine rings is 1. The van der Waals surface area contributed by atoms with Crippen molar-refractivity contribution in [3.8, 4) is 16.9 Å². The van der Waals surface area contributed by atoms with Crippen LogP contribution in [0.15, 0.2) is 72.4 Å². The van der Waals surface area contributed by atoms with Crippen LogP contribution in [0.4, 0.5) is 16.0 Å². The van der Waals surface area contributed by atoms with E-state index in [0.717, 1.165) is 95.4 Å². The van der Waals surface area contributed by atoms with E-state index in [1.165, 1.54) is 0 Å². The third-order valence-electron chi connectivity index (χ3n) is 11.1. The molecule has 12 heteroatoms. The second-order valence-electron chi connectivity index (χ2n) is 15.5. The number of fused-ring (bicyclic) bond motifs is 3. The first kappa shape index (κ1) is 40.6. The smallest absolute Gasteiger partial charge is 0.157 e. The van der Waals surface area contributed by atoms with Crippen molar-refractivity contribution in [2.75, 3.05) is 57.8 Å². The molecule has 2 aromatic carbocycles. The van der Waals surface area contributed by atoms with Crippen molar-refractivity contribution in [3.63, 3.8) is 0 Å². The number of hydrogen-bond donors (Lipinski definition) is 2. The van der Waals surface area contributed by atoms with E-state index < -0.39 is 0 Å². The van der Waals surface area contributed by atoms with Crippen molar-refractivity contribution in [2.24, 2.45) is 16.8 Å². The quantitative estimate of drug-likeness (QED) is 0.0641. The van der Waals surface area contributed by atoms with Gasteiger partial charge in [-0.3, -0.25) is 10.0 Å². The average Bonchev–Trinajstić information content (AvgIpc) is 3.75. The highest BCUT2D eigenvalue weighted by Crippen LogP contribution is 2.33. The molecular formula is C44H60FN11. The predicted octanol–water partition coefficient (Wildman–Crippen LogP) is 8.00.